The number of carbonyl (C=O) groups is 1. The molecule has 0 fully saturated rings. The Hall–Kier alpha value is -2.82. The zero-order valence-corrected chi connectivity index (χ0v) is 14.4. The lowest BCUT2D eigenvalue weighted by molar-refractivity contribution is -0.152. The molecule has 0 aliphatic carbocycles. The zero-order valence-electron chi connectivity index (χ0n) is 14.4. The van der Waals surface area contributed by atoms with E-state index in [2.05, 4.69) is 0 Å². The van der Waals surface area contributed by atoms with E-state index in [0.717, 1.165) is 10.8 Å². The van der Waals surface area contributed by atoms with E-state index in [9.17, 15) is 9.59 Å². The molecule has 2 aromatic carbocycles. The first-order valence-corrected chi connectivity index (χ1v) is 8.24. The predicted molar refractivity (Wildman–Crippen MR) is 95.9 cm³/mol. The van der Waals surface area contributed by atoms with Gasteiger partial charge in [0.25, 0.3) is 0 Å². The molecule has 0 spiro atoms. The van der Waals surface area contributed by atoms with Gasteiger partial charge in [-0.2, -0.15) is 0 Å². The molecule has 0 radical (unpaired) electrons. The number of benzene rings is 2. The van der Waals surface area contributed by atoms with Crippen molar-refractivity contribution in [3.05, 3.63) is 52.9 Å². The number of carbonyl (C=O) groups excluding carboxylic acids is 1. The molecule has 0 bridgehead atoms. The van der Waals surface area contributed by atoms with Crippen molar-refractivity contribution in [1.82, 2.24) is 0 Å². The predicted octanol–water partition coefficient (Wildman–Crippen LogP) is 3.91. The van der Waals surface area contributed by atoms with Crippen molar-refractivity contribution < 1.29 is 18.7 Å². The summed E-state index contributed by atoms with van der Waals surface area (Å²) in [5.41, 5.74) is 0.0218. The Morgan fingerprint density at radius 3 is 2.48 bits per heavy atom. The summed E-state index contributed by atoms with van der Waals surface area (Å²) in [6.07, 6.45) is -0.747. The van der Waals surface area contributed by atoms with E-state index in [0.29, 0.717) is 23.3 Å². The number of esters is 1. The molecule has 1 aromatic heterocycles. The number of rotatable bonds is 5. The standard InChI is InChI=1S/C20H20O5/c1-12(2)11-23-19(21)13(3)24-14-8-9-16-15-6-4-5-7-17(15)20(22)25-18(16)10-14/h4-10,12-13H,11H2,1-3H3/t13-/m0/s1. The van der Waals surface area contributed by atoms with E-state index in [4.69, 9.17) is 13.9 Å². The number of fused-ring (bicyclic) bond motifs is 3. The minimum Gasteiger partial charge on any atom is -0.479 e. The highest BCUT2D eigenvalue weighted by molar-refractivity contribution is 6.04. The largest absolute Gasteiger partial charge is 0.479 e. The molecule has 0 N–H and O–H groups in total. The molecule has 0 amide bonds. The number of ether oxygens (including phenoxy) is 2. The fraction of sp³-hybridized carbons (Fsp3) is 0.300. The average molecular weight is 340 g/mol. The van der Waals surface area contributed by atoms with Crippen molar-refractivity contribution in [3.8, 4) is 5.75 Å². The van der Waals surface area contributed by atoms with Gasteiger partial charge in [-0.3, -0.25) is 0 Å². The first-order valence-electron chi connectivity index (χ1n) is 8.24. The van der Waals surface area contributed by atoms with Crippen molar-refractivity contribution >= 4 is 27.7 Å². The van der Waals surface area contributed by atoms with Crippen LogP contribution in [0.1, 0.15) is 20.8 Å². The van der Waals surface area contributed by atoms with Gasteiger partial charge in [0.15, 0.2) is 6.10 Å². The molecule has 0 saturated heterocycles. The van der Waals surface area contributed by atoms with E-state index in [1.54, 1.807) is 31.2 Å². The molecule has 5 heteroatoms. The van der Waals surface area contributed by atoms with Gasteiger partial charge in [0.1, 0.15) is 11.3 Å². The quantitative estimate of drug-likeness (QED) is 0.400. The number of hydrogen-bond acceptors (Lipinski definition) is 5. The van der Waals surface area contributed by atoms with Crippen LogP contribution in [0, 0.1) is 5.92 Å². The molecule has 3 rings (SSSR count). The molecule has 0 aliphatic heterocycles. The van der Waals surface area contributed by atoms with Gasteiger partial charge in [-0.05, 0) is 36.4 Å². The molecule has 3 aromatic rings. The topological polar surface area (TPSA) is 65.7 Å². The molecule has 0 unspecified atom stereocenters. The SMILES string of the molecule is CC(C)COC(=O)[C@H](C)Oc1ccc2c(c1)oc(=O)c1ccccc12. The van der Waals surface area contributed by atoms with Crippen molar-refractivity contribution in [2.45, 2.75) is 26.9 Å². The van der Waals surface area contributed by atoms with Crippen molar-refractivity contribution in [3.63, 3.8) is 0 Å². The maximum absolute atomic E-state index is 12.1. The second-order valence-electron chi connectivity index (χ2n) is 6.38. The lowest BCUT2D eigenvalue weighted by atomic mass is 10.1. The highest BCUT2D eigenvalue weighted by Crippen LogP contribution is 2.26. The summed E-state index contributed by atoms with van der Waals surface area (Å²) in [4.78, 5) is 24.0. The summed E-state index contributed by atoms with van der Waals surface area (Å²) < 4.78 is 16.2. The Kier molecular flexibility index (Phi) is 4.74. The Morgan fingerprint density at radius 1 is 1.04 bits per heavy atom. The minimum atomic E-state index is -0.747. The lowest BCUT2D eigenvalue weighted by Crippen LogP contribution is -2.27. The van der Waals surface area contributed by atoms with Crippen LogP contribution in [-0.4, -0.2) is 18.7 Å². The van der Waals surface area contributed by atoms with Crippen molar-refractivity contribution in [2.75, 3.05) is 6.61 Å². The van der Waals surface area contributed by atoms with Gasteiger partial charge in [-0.1, -0.05) is 32.0 Å². The third-order valence-electron chi connectivity index (χ3n) is 3.80. The van der Waals surface area contributed by atoms with Crippen LogP contribution in [0.3, 0.4) is 0 Å². The molecular weight excluding hydrogens is 320 g/mol. The highest BCUT2D eigenvalue weighted by Gasteiger charge is 2.17. The Balaban J connectivity index is 1.88. The third kappa shape index (κ3) is 3.65. The molecule has 0 saturated carbocycles. The summed E-state index contributed by atoms with van der Waals surface area (Å²) in [6.45, 7) is 5.91. The van der Waals surface area contributed by atoms with Gasteiger partial charge < -0.3 is 13.9 Å². The maximum Gasteiger partial charge on any atom is 0.347 e. The van der Waals surface area contributed by atoms with E-state index in [-0.39, 0.29) is 5.92 Å². The molecule has 25 heavy (non-hydrogen) atoms. The summed E-state index contributed by atoms with van der Waals surface area (Å²) in [5.74, 6) is 0.285. The van der Waals surface area contributed by atoms with E-state index < -0.39 is 17.7 Å². The normalized spacial score (nSPS) is 12.5. The molecule has 1 atom stereocenters. The second-order valence-corrected chi connectivity index (χ2v) is 6.38. The van der Waals surface area contributed by atoms with Crippen LogP contribution in [0.2, 0.25) is 0 Å². The summed E-state index contributed by atoms with van der Waals surface area (Å²) in [6, 6.07) is 12.5. The minimum absolute atomic E-state index is 0.263. The molecule has 1 heterocycles. The van der Waals surface area contributed by atoms with Gasteiger partial charge in [-0.15, -0.1) is 0 Å². The second kappa shape index (κ2) is 6.97. The molecular formula is C20H20O5. The van der Waals surface area contributed by atoms with Crippen LogP contribution in [0.25, 0.3) is 21.7 Å². The zero-order chi connectivity index (χ0) is 18.0. The van der Waals surface area contributed by atoms with Gasteiger partial charge in [0.05, 0.1) is 12.0 Å². The average Bonchev–Trinajstić information content (AvgIpc) is 2.59. The smallest absolute Gasteiger partial charge is 0.347 e. The Labute approximate surface area is 145 Å². The summed E-state index contributed by atoms with van der Waals surface area (Å²) in [7, 11) is 0. The fourth-order valence-corrected chi connectivity index (χ4v) is 2.55. The fourth-order valence-electron chi connectivity index (χ4n) is 2.55. The van der Waals surface area contributed by atoms with Gasteiger partial charge in [-0.25, -0.2) is 9.59 Å². The Bertz CT molecular complexity index is 971. The van der Waals surface area contributed by atoms with Gasteiger partial charge >= 0.3 is 11.6 Å². The van der Waals surface area contributed by atoms with Crippen LogP contribution in [0.15, 0.2) is 51.7 Å². The highest BCUT2D eigenvalue weighted by atomic mass is 16.6. The third-order valence-corrected chi connectivity index (χ3v) is 3.80. The van der Waals surface area contributed by atoms with Crippen LogP contribution in [0.5, 0.6) is 5.75 Å². The molecule has 130 valence electrons. The van der Waals surface area contributed by atoms with Crippen LogP contribution in [0.4, 0.5) is 0 Å². The van der Waals surface area contributed by atoms with Crippen LogP contribution >= 0.6 is 0 Å². The van der Waals surface area contributed by atoms with Crippen molar-refractivity contribution in [1.29, 1.82) is 0 Å². The van der Waals surface area contributed by atoms with Crippen LogP contribution in [-0.2, 0) is 9.53 Å². The molecule has 5 nitrogen and oxygen atoms in total. The number of hydrogen-bond donors (Lipinski definition) is 0. The van der Waals surface area contributed by atoms with Gasteiger partial charge in [0.2, 0.25) is 0 Å². The first-order chi connectivity index (χ1) is 12.0. The van der Waals surface area contributed by atoms with Crippen LogP contribution < -0.4 is 10.4 Å². The summed E-state index contributed by atoms with van der Waals surface area (Å²) >= 11 is 0. The lowest BCUT2D eigenvalue weighted by Gasteiger charge is -2.15. The monoisotopic (exact) mass is 340 g/mol. The van der Waals surface area contributed by atoms with Crippen molar-refractivity contribution in [2.24, 2.45) is 5.92 Å². The Morgan fingerprint density at radius 2 is 1.76 bits per heavy atom. The first kappa shape index (κ1) is 17.0. The molecule has 0 aliphatic rings. The van der Waals surface area contributed by atoms with E-state index >= 15 is 0 Å². The van der Waals surface area contributed by atoms with Gasteiger partial charge in [0, 0.05) is 11.5 Å². The van der Waals surface area contributed by atoms with E-state index in [1.807, 2.05) is 32.0 Å². The maximum atomic E-state index is 12.1. The van der Waals surface area contributed by atoms with E-state index in [1.165, 1.54) is 0 Å². The summed E-state index contributed by atoms with van der Waals surface area (Å²) in [5, 5.41) is 2.18.